The van der Waals surface area contributed by atoms with Crippen LogP contribution in [-0.4, -0.2) is 19.5 Å². The molecule has 0 spiro atoms. The fraction of sp³-hybridized carbons (Fsp3) is 0.526. The summed E-state index contributed by atoms with van der Waals surface area (Å²) in [6, 6.07) is 11.6. The van der Waals surface area contributed by atoms with Gasteiger partial charge in [0.15, 0.2) is 8.32 Å². The minimum Gasteiger partial charge on any atom is -0.416 e. The van der Waals surface area contributed by atoms with Crippen LogP contribution in [0.4, 0.5) is 0 Å². The van der Waals surface area contributed by atoms with Gasteiger partial charge < -0.3 is 8.99 Å². The molecule has 23 heavy (non-hydrogen) atoms. The third kappa shape index (κ3) is 4.12. The third-order valence-electron chi connectivity index (χ3n) is 4.93. The summed E-state index contributed by atoms with van der Waals surface area (Å²) in [6.45, 7) is 14.8. The van der Waals surface area contributed by atoms with Crippen molar-refractivity contribution in [3.8, 4) is 0 Å². The van der Waals surface area contributed by atoms with Crippen LogP contribution in [0.2, 0.25) is 18.1 Å². The van der Waals surface area contributed by atoms with Crippen LogP contribution >= 0.6 is 0 Å². The molecule has 0 saturated carbocycles. The molecule has 0 bridgehead atoms. The minimum absolute atomic E-state index is 0.0582. The van der Waals surface area contributed by atoms with Crippen LogP contribution in [0.25, 0.3) is 10.9 Å². The minimum atomic E-state index is -1.74. The van der Waals surface area contributed by atoms with E-state index in [2.05, 4.69) is 40.8 Å². The molecular weight excluding hydrogens is 302 g/mol. The standard InChI is InChI=1S/C19H29NO2Si/c1-15(14-22-23(5,6)19(2,3)4)13-20-17-10-8-7-9-16(17)11-12-18(20)21/h7-12,15H,13-14H2,1-6H3. The Kier molecular flexibility index (Phi) is 5.16. The van der Waals surface area contributed by atoms with Gasteiger partial charge in [0.1, 0.15) is 0 Å². The van der Waals surface area contributed by atoms with Gasteiger partial charge in [0, 0.05) is 19.2 Å². The number of hydrogen-bond donors (Lipinski definition) is 0. The van der Waals surface area contributed by atoms with Gasteiger partial charge in [-0.2, -0.15) is 0 Å². The van der Waals surface area contributed by atoms with Gasteiger partial charge in [0.05, 0.1) is 5.52 Å². The number of rotatable bonds is 5. The monoisotopic (exact) mass is 331 g/mol. The van der Waals surface area contributed by atoms with Crippen LogP contribution in [0.5, 0.6) is 0 Å². The van der Waals surface area contributed by atoms with Crippen LogP contribution in [0.15, 0.2) is 41.2 Å². The van der Waals surface area contributed by atoms with Gasteiger partial charge in [-0.25, -0.2) is 0 Å². The van der Waals surface area contributed by atoms with Crippen molar-refractivity contribution in [2.75, 3.05) is 6.61 Å². The van der Waals surface area contributed by atoms with Crippen molar-refractivity contribution >= 4 is 19.2 Å². The molecule has 0 amide bonds. The van der Waals surface area contributed by atoms with E-state index in [9.17, 15) is 4.79 Å². The second kappa shape index (κ2) is 6.61. The number of aromatic nitrogens is 1. The molecule has 4 heteroatoms. The van der Waals surface area contributed by atoms with Gasteiger partial charge in [-0.3, -0.25) is 4.79 Å². The SMILES string of the molecule is CC(CO[Si](C)(C)C(C)(C)C)Cn1c(=O)ccc2ccccc21. The summed E-state index contributed by atoms with van der Waals surface area (Å²) in [5.41, 5.74) is 1.06. The maximum absolute atomic E-state index is 12.3. The Hall–Kier alpha value is -1.39. The molecule has 1 aromatic carbocycles. The largest absolute Gasteiger partial charge is 0.416 e. The maximum atomic E-state index is 12.3. The zero-order valence-electron chi connectivity index (χ0n) is 15.2. The Morgan fingerprint density at radius 3 is 2.43 bits per heavy atom. The lowest BCUT2D eigenvalue weighted by atomic mass is 10.1. The van der Waals surface area contributed by atoms with Crippen LogP contribution in [0.3, 0.4) is 0 Å². The second-order valence-corrected chi connectivity index (χ2v) is 12.8. The third-order valence-corrected chi connectivity index (χ3v) is 9.43. The van der Waals surface area contributed by atoms with Gasteiger partial charge in [-0.1, -0.05) is 45.9 Å². The van der Waals surface area contributed by atoms with E-state index >= 15 is 0 Å². The smallest absolute Gasteiger partial charge is 0.251 e. The summed E-state index contributed by atoms with van der Waals surface area (Å²) in [4.78, 5) is 12.3. The predicted molar refractivity (Wildman–Crippen MR) is 101 cm³/mol. The topological polar surface area (TPSA) is 31.2 Å². The first-order chi connectivity index (χ1) is 10.6. The normalized spacial score (nSPS) is 14.2. The van der Waals surface area contributed by atoms with Gasteiger partial charge in [0.25, 0.3) is 5.56 Å². The highest BCUT2D eigenvalue weighted by Crippen LogP contribution is 2.36. The van der Waals surface area contributed by atoms with Crippen LogP contribution in [-0.2, 0) is 11.0 Å². The van der Waals surface area contributed by atoms with E-state index in [0.717, 1.165) is 10.9 Å². The second-order valence-electron chi connectivity index (χ2n) is 8.02. The van der Waals surface area contributed by atoms with E-state index in [4.69, 9.17) is 4.43 Å². The molecule has 0 aliphatic heterocycles. The molecule has 0 radical (unpaired) electrons. The van der Waals surface area contributed by atoms with Crippen LogP contribution in [0.1, 0.15) is 27.7 Å². The van der Waals surface area contributed by atoms with E-state index in [1.807, 2.05) is 34.9 Å². The zero-order valence-corrected chi connectivity index (χ0v) is 16.2. The van der Waals surface area contributed by atoms with Crippen molar-refractivity contribution in [2.45, 2.75) is 52.4 Å². The molecule has 0 fully saturated rings. The summed E-state index contributed by atoms with van der Waals surface area (Å²) in [5.74, 6) is 0.299. The number of para-hydroxylation sites is 1. The number of nitrogens with zero attached hydrogens (tertiary/aromatic N) is 1. The van der Waals surface area contributed by atoms with Crippen molar-refractivity contribution in [2.24, 2.45) is 5.92 Å². The molecule has 0 saturated heterocycles. The number of hydrogen-bond acceptors (Lipinski definition) is 2. The molecule has 126 valence electrons. The van der Waals surface area contributed by atoms with Gasteiger partial charge in [0.2, 0.25) is 0 Å². The van der Waals surface area contributed by atoms with E-state index in [-0.39, 0.29) is 10.6 Å². The first-order valence-electron chi connectivity index (χ1n) is 8.34. The summed E-state index contributed by atoms with van der Waals surface area (Å²) < 4.78 is 8.17. The number of benzene rings is 1. The average Bonchev–Trinajstić information content (AvgIpc) is 2.47. The van der Waals surface area contributed by atoms with Crippen LogP contribution in [0, 0.1) is 5.92 Å². The summed E-state index contributed by atoms with van der Waals surface area (Å²) >= 11 is 0. The Morgan fingerprint density at radius 2 is 1.78 bits per heavy atom. The molecule has 1 atom stereocenters. The fourth-order valence-electron chi connectivity index (χ4n) is 2.36. The lowest BCUT2D eigenvalue weighted by Crippen LogP contribution is -2.42. The highest BCUT2D eigenvalue weighted by Gasteiger charge is 2.37. The van der Waals surface area contributed by atoms with Crippen molar-refractivity contribution in [1.82, 2.24) is 4.57 Å². The Labute approximate surface area is 140 Å². The van der Waals surface area contributed by atoms with Crippen molar-refractivity contribution in [3.63, 3.8) is 0 Å². The van der Waals surface area contributed by atoms with E-state index < -0.39 is 8.32 Å². The van der Waals surface area contributed by atoms with E-state index in [0.29, 0.717) is 19.1 Å². The number of fused-ring (bicyclic) bond motifs is 1. The van der Waals surface area contributed by atoms with Gasteiger partial charge >= 0.3 is 0 Å². The fourth-order valence-corrected chi connectivity index (χ4v) is 3.50. The molecule has 1 heterocycles. The first kappa shape index (κ1) is 18.0. The maximum Gasteiger partial charge on any atom is 0.251 e. The summed E-state index contributed by atoms with van der Waals surface area (Å²) in [7, 11) is -1.74. The van der Waals surface area contributed by atoms with Crippen molar-refractivity contribution in [3.05, 3.63) is 46.8 Å². The lowest BCUT2D eigenvalue weighted by molar-refractivity contribution is 0.224. The highest BCUT2D eigenvalue weighted by molar-refractivity contribution is 6.74. The quantitative estimate of drug-likeness (QED) is 0.746. The van der Waals surface area contributed by atoms with Crippen molar-refractivity contribution in [1.29, 1.82) is 0 Å². The Morgan fingerprint density at radius 1 is 1.13 bits per heavy atom. The Balaban J connectivity index is 2.14. The Bertz CT molecular complexity index is 728. The van der Waals surface area contributed by atoms with Gasteiger partial charge in [-0.15, -0.1) is 0 Å². The molecular formula is C19H29NO2Si. The molecule has 2 aromatic rings. The van der Waals surface area contributed by atoms with Gasteiger partial charge in [-0.05, 0) is 41.6 Å². The first-order valence-corrected chi connectivity index (χ1v) is 11.3. The molecule has 3 nitrogen and oxygen atoms in total. The van der Waals surface area contributed by atoms with Crippen LogP contribution < -0.4 is 5.56 Å². The highest BCUT2D eigenvalue weighted by atomic mass is 28.4. The molecule has 0 aliphatic rings. The predicted octanol–water partition coefficient (Wildman–Crippen LogP) is 4.66. The van der Waals surface area contributed by atoms with E-state index in [1.165, 1.54) is 0 Å². The zero-order chi connectivity index (χ0) is 17.3. The molecule has 0 aliphatic carbocycles. The lowest BCUT2D eigenvalue weighted by Gasteiger charge is -2.37. The molecule has 0 N–H and O–H groups in total. The number of pyridine rings is 1. The average molecular weight is 332 g/mol. The summed E-state index contributed by atoms with van der Waals surface area (Å²) in [6.07, 6.45) is 0. The molecule has 1 unspecified atom stereocenters. The summed E-state index contributed by atoms with van der Waals surface area (Å²) in [5, 5.41) is 1.31. The molecule has 1 aromatic heterocycles. The van der Waals surface area contributed by atoms with Crippen molar-refractivity contribution < 1.29 is 4.43 Å². The van der Waals surface area contributed by atoms with E-state index in [1.54, 1.807) is 6.07 Å². The molecule has 2 rings (SSSR count).